The Labute approximate surface area is 289 Å². The number of aromatic nitrogens is 2. The van der Waals surface area contributed by atoms with Crippen LogP contribution in [0.5, 0.6) is 0 Å². The third-order valence-corrected chi connectivity index (χ3v) is 10.4. The van der Waals surface area contributed by atoms with Crippen LogP contribution in [-0.2, 0) is 0 Å². The molecule has 0 aliphatic rings. The minimum absolute atomic E-state index is 0.715. The summed E-state index contributed by atoms with van der Waals surface area (Å²) in [6.45, 7) is 0. The average Bonchev–Trinajstić information content (AvgIpc) is 3.58. The molecule has 230 valence electrons. The molecule has 0 amide bonds. The highest BCUT2D eigenvalue weighted by atomic mass is 32.1. The molecule has 0 aliphatic heterocycles. The molecule has 9 rings (SSSR count). The molecule has 9 aromatic rings. The van der Waals surface area contributed by atoms with Crippen molar-refractivity contribution in [3.8, 4) is 67.3 Å². The normalized spacial score (nSPS) is 11.3. The van der Waals surface area contributed by atoms with Crippen LogP contribution in [0.4, 0.5) is 0 Å². The maximum Gasteiger partial charge on any atom is 0.160 e. The van der Waals surface area contributed by atoms with Gasteiger partial charge in [0.1, 0.15) is 0 Å². The Balaban J connectivity index is 1.24. The Hall–Kier alpha value is -6.16. The Bertz CT molecular complexity index is 2510. The summed E-state index contributed by atoms with van der Waals surface area (Å²) < 4.78 is 2.57. The molecule has 0 aliphatic carbocycles. The minimum Gasteiger partial charge on any atom is -0.228 e. The first-order valence-corrected chi connectivity index (χ1v) is 17.3. The summed E-state index contributed by atoms with van der Waals surface area (Å²) >= 11 is 1.87. The van der Waals surface area contributed by atoms with Crippen molar-refractivity contribution in [2.24, 2.45) is 0 Å². The van der Waals surface area contributed by atoms with Crippen molar-refractivity contribution in [2.45, 2.75) is 0 Å². The first kappa shape index (κ1) is 29.0. The zero-order valence-corrected chi connectivity index (χ0v) is 27.4. The van der Waals surface area contributed by atoms with Gasteiger partial charge in [-0.15, -0.1) is 11.3 Å². The lowest BCUT2D eigenvalue weighted by Gasteiger charge is -2.15. The van der Waals surface area contributed by atoms with E-state index in [0.717, 1.165) is 33.6 Å². The fourth-order valence-corrected chi connectivity index (χ4v) is 8.02. The first-order chi connectivity index (χ1) is 24.3. The lowest BCUT2D eigenvalue weighted by Crippen LogP contribution is -1.97. The summed E-state index contributed by atoms with van der Waals surface area (Å²) in [4.78, 5) is 10.3. The van der Waals surface area contributed by atoms with Gasteiger partial charge in [0.2, 0.25) is 0 Å². The van der Waals surface area contributed by atoms with Gasteiger partial charge in [0.05, 0.1) is 11.4 Å². The van der Waals surface area contributed by atoms with Crippen LogP contribution >= 0.6 is 11.3 Å². The van der Waals surface area contributed by atoms with Crippen molar-refractivity contribution in [2.75, 3.05) is 0 Å². The molecule has 7 aromatic carbocycles. The predicted molar refractivity (Wildman–Crippen MR) is 208 cm³/mol. The van der Waals surface area contributed by atoms with E-state index in [4.69, 9.17) is 9.97 Å². The number of fused-ring (bicyclic) bond motifs is 3. The van der Waals surface area contributed by atoms with Crippen LogP contribution in [0.1, 0.15) is 0 Å². The summed E-state index contributed by atoms with van der Waals surface area (Å²) in [6.07, 6.45) is 0. The largest absolute Gasteiger partial charge is 0.228 e. The van der Waals surface area contributed by atoms with Gasteiger partial charge in [0.25, 0.3) is 0 Å². The van der Waals surface area contributed by atoms with Gasteiger partial charge in [0.15, 0.2) is 5.82 Å². The molecule has 3 heteroatoms. The Morgan fingerprint density at radius 2 is 0.878 bits per heavy atom. The molecule has 0 saturated heterocycles. The lowest BCUT2D eigenvalue weighted by molar-refractivity contribution is 1.18. The molecule has 0 N–H and O–H groups in total. The lowest BCUT2D eigenvalue weighted by atomic mass is 9.91. The fraction of sp³-hybridized carbons (Fsp3) is 0. The summed E-state index contributed by atoms with van der Waals surface area (Å²) in [5.74, 6) is 0.715. The minimum atomic E-state index is 0.715. The van der Waals surface area contributed by atoms with Crippen LogP contribution in [0.15, 0.2) is 182 Å². The maximum absolute atomic E-state index is 5.21. The Morgan fingerprint density at radius 1 is 0.347 bits per heavy atom. The molecular formula is C46H30N2S. The van der Waals surface area contributed by atoms with E-state index in [9.17, 15) is 0 Å². The molecule has 0 fully saturated rings. The number of thiophene rings is 1. The smallest absolute Gasteiger partial charge is 0.160 e. The number of rotatable bonds is 6. The maximum atomic E-state index is 5.21. The van der Waals surface area contributed by atoms with Crippen molar-refractivity contribution in [3.63, 3.8) is 0 Å². The Kier molecular flexibility index (Phi) is 7.38. The van der Waals surface area contributed by atoms with E-state index in [1.165, 1.54) is 48.0 Å². The van der Waals surface area contributed by atoms with E-state index in [-0.39, 0.29) is 0 Å². The van der Waals surface area contributed by atoms with Gasteiger partial charge in [-0.1, -0.05) is 170 Å². The van der Waals surface area contributed by atoms with Gasteiger partial charge in [-0.25, -0.2) is 9.97 Å². The predicted octanol–water partition coefficient (Wildman–Crippen LogP) is 12.8. The zero-order chi connectivity index (χ0) is 32.6. The molecule has 49 heavy (non-hydrogen) atoms. The van der Waals surface area contributed by atoms with E-state index in [1.54, 1.807) is 0 Å². The van der Waals surface area contributed by atoms with E-state index < -0.39 is 0 Å². The number of hydrogen-bond donors (Lipinski definition) is 0. The monoisotopic (exact) mass is 642 g/mol. The highest BCUT2D eigenvalue weighted by Crippen LogP contribution is 2.47. The van der Waals surface area contributed by atoms with E-state index in [2.05, 4.69) is 158 Å². The van der Waals surface area contributed by atoms with Crippen LogP contribution in [0.3, 0.4) is 0 Å². The average molecular weight is 643 g/mol. The van der Waals surface area contributed by atoms with Crippen molar-refractivity contribution in [3.05, 3.63) is 182 Å². The topological polar surface area (TPSA) is 25.8 Å². The second-order valence-electron chi connectivity index (χ2n) is 12.1. The second-order valence-corrected chi connectivity index (χ2v) is 13.2. The van der Waals surface area contributed by atoms with Crippen LogP contribution in [0.2, 0.25) is 0 Å². The van der Waals surface area contributed by atoms with E-state index in [1.807, 2.05) is 35.6 Å². The van der Waals surface area contributed by atoms with Gasteiger partial charge in [-0.2, -0.15) is 0 Å². The molecule has 0 atom stereocenters. The van der Waals surface area contributed by atoms with Gasteiger partial charge >= 0.3 is 0 Å². The third-order valence-electron chi connectivity index (χ3n) is 9.15. The first-order valence-electron chi connectivity index (χ1n) is 16.5. The molecule has 2 nitrogen and oxygen atoms in total. The summed E-state index contributed by atoms with van der Waals surface area (Å²) in [5, 5.41) is 2.55. The van der Waals surface area contributed by atoms with Crippen LogP contribution < -0.4 is 0 Å². The number of nitrogens with zero attached hydrogens (tertiary/aromatic N) is 2. The second kappa shape index (κ2) is 12.5. The molecule has 2 heterocycles. The third kappa shape index (κ3) is 5.41. The number of benzene rings is 7. The molecular weight excluding hydrogens is 613 g/mol. The highest BCUT2D eigenvalue weighted by molar-refractivity contribution is 7.26. The van der Waals surface area contributed by atoms with Crippen molar-refractivity contribution >= 4 is 31.5 Å². The van der Waals surface area contributed by atoms with Crippen LogP contribution in [0.25, 0.3) is 87.5 Å². The van der Waals surface area contributed by atoms with E-state index in [0.29, 0.717) is 5.82 Å². The Morgan fingerprint density at radius 3 is 1.61 bits per heavy atom. The van der Waals surface area contributed by atoms with Gasteiger partial charge in [-0.3, -0.25) is 0 Å². The fourth-order valence-electron chi connectivity index (χ4n) is 6.75. The van der Waals surface area contributed by atoms with Crippen LogP contribution in [-0.4, -0.2) is 9.97 Å². The van der Waals surface area contributed by atoms with Crippen molar-refractivity contribution < 1.29 is 0 Å². The summed E-state index contributed by atoms with van der Waals surface area (Å²) in [5.41, 5.74) is 12.2. The van der Waals surface area contributed by atoms with Crippen molar-refractivity contribution in [1.29, 1.82) is 0 Å². The standard InChI is InChI=1S/C46H30N2S/c1-4-14-31(15-5-1)32-24-26-33(27-25-32)36-28-29-39(44-40-22-12-13-23-43(40)49-45(36)44)37-20-10-11-21-38(37)42-30-41(34-16-6-2-7-17-34)47-46(48-42)35-18-8-3-9-19-35/h1-30H. The summed E-state index contributed by atoms with van der Waals surface area (Å²) in [6, 6.07) is 64.3. The quantitative estimate of drug-likeness (QED) is 0.180. The molecule has 0 radical (unpaired) electrons. The zero-order valence-electron chi connectivity index (χ0n) is 26.6. The van der Waals surface area contributed by atoms with Crippen LogP contribution in [0, 0.1) is 0 Å². The molecule has 0 unspecified atom stereocenters. The SMILES string of the molecule is c1ccc(-c2ccc(-c3ccc(-c4ccccc4-c4cc(-c5ccccc5)nc(-c5ccccc5)n4)c4c3sc3ccccc34)cc2)cc1. The molecule has 0 spiro atoms. The van der Waals surface area contributed by atoms with Crippen molar-refractivity contribution in [1.82, 2.24) is 9.97 Å². The molecule has 2 aromatic heterocycles. The van der Waals surface area contributed by atoms with Gasteiger partial charge < -0.3 is 0 Å². The summed E-state index contributed by atoms with van der Waals surface area (Å²) in [7, 11) is 0. The number of hydrogen-bond acceptors (Lipinski definition) is 3. The van der Waals surface area contributed by atoms with E-state index >= 15 is 0 Å². The van der Waals surface area contributed by atoms with Gasteiger partial charge in [0, 0.05) is 36.9 Å². The van der Waals surface area contributed by atoms with Gasteiger partial charge in [-0.05, 0) is 45.5 Å². The molecule has 0 bridgehead atoms. The highest BCUT2D eigenvalue weighted by Gasteiger charge is 2.19. The molecule has 0 saturated carbocycles.